The Morgan fingerprint density at radius 1 is 1.43 bits per heavy atom. The number of aliphatic hydroxyl groups excluding tert-OH is 1. The van der Waals surface area contributed by atoms with Gasteiger partial charge in [-0.15, -0.1) is 11.6 Å². The number of aliphatic hydroxyl groups is 1. The molecule has 0 saturated heterocycles. The number of halogens is 1. The molecule has 0 amide bonds. The fourth-order valence-corrected chi connectivity index (χ4v) is 1.44. The van der Waals surface area contributed by atoms with Crippen molar-refractivity contribution in [3.8, 4) is 0 Å². The van der Waals surface area contributed by atoms with E-state index in [9.17, 15) is 9.90 Å². The largest absolute Gasteiger partial charge is 0.391 e. The van der Waals surface area contributed by atoms with E-state index in [-0.39, 0.29) is 11.7 Å². The van der Waals surface area contributed by atoms with Crippen LogP contribution in [0.2, 0.25) is 0 Å². The third kappa shape index (κ3) is 2.56. The normalized spacial score (nSPS) is 14.8. The summed E-state index contributed by atoms with van der Waals surface area (Å²) in [5.74, 6) is -0.437. The maximum absolute atomic E-state index is 11.7. The molecule has 0 aliphatic heterocycles. The van der Waals surface area contributed by atoms with E-state index in [1.54, 1.807) is 31.2 Å². The number of carbonyl (C=O) groups excluding carboxylic acids is 1. The van der Waals surface area contributed by atoms with Crippen molar-refractivity contribution in [3.63, 3.8) is 0 Å². The summed E-state index contributed by atoms with van der Waals surface area (Å²) in [4.78, 5) is 11.7. The highest BCUT2D eigenvalue weighted by atomic mass is 35.5. The van der Waals surface area contributed by atoms with Gasteiger partial charge < -0.3 is 5.11 Å². The second-order valence-corrected chi connectivity index (χ2v) is 3.55. The van der Waals surface area contributed by atoms with Gasteiger partial charge in [0.15, 0.2) is 5.78 Å². The van der Waals surface area contributed by atoms with Gasteiger partial charge in [0.25, 0.3) is 0 Å². The van der Waals surface area contributed by atoms with E-state index in [2.05, 4.69) is 0 Å². The molecule has 0 spiro atoms. The summed E-state index contributed by atoms with van der Waals surface area (Å²) in [7, 11) is 0. The summed E-state index contributed by atoms with van der Waals surface area (Å²) in [5, 5.41) is 9.41. The zero-order valence-electron chi connectivity index (χ0n) is 7.98. The highest BCUT2D eigenvalue weighted by Gasteiger charge is 2.21. The number of benzene rings is 1. The molecule has 0 fully saturated rings. The molecule has 0 radical (unpaired) electrons. The molecular weight excluding hydrogens is 200 g/mol. The van der Waals surface area contributed by atoms with Crippen LogP contribution in [0, 0.1) is 5.92 Å². The van der Waals surface area contributed by atoms with Crippen LogP contribution in [0.25, 0.3) is 0 Å². The van der Waals surface area contributed by atoms with E-state index in [4.69, 9.17) is 11.6 Å². The smallest absolute Gasteiger partial charge is 0.168 e. The van der Waals surface area contributed by atoms with Crippen LogP contribution in [0.1, 0.15) is 17.3 Å². The van der Waals surface area contributed by atoms with Crippen LogP contribution in [0.4, 0.5) is 0 Å². The average molecular weight is 213 g/mol. The number of rotatable bonds is 4. The van der Waals surface area contributed by atoms with Crippen LogP contribution < -0.4 is 0 Å². The molecule has 3 heteroatoms. The van der Waals surface area contributed by atoms with Crippen molar-refractivity contribution >= 4 is 17.4 Å². The lowest BCUT2D eigenvalue weighted by Crippen LogP contribution is -2.27. The number of hydrogen-bond donors (Lipinski definition) is 1. The molecule has 2 atom stereocenters. The van der Waals surface area contributed by atoms with Gasteiger partial charge in [0.1, 0.15) is 0 Å². The summed E-state index contributed by atoms with van der Waals surface area (Å²) in [6.45, 7) is 1.68. The van der Waals surface area contributed by atoms with Crippen LogP contribution in [-0.4, -0.2) is 22.9 Å². The van der Waals surface area contributed by atoms with Crippen LogP contribution in [-0.2, 0) is 0 Å². The minimum absolute atomic E-state index is 0.0706. The molecule has 0 aromatic heterocycles. The van der Waals surface area contributed by atoms with Gasteiger partial charge in [-0.1, -0.05) is 37.3 Å². The lowest BCUT2D eigenvalue weighted by molar-refractivity contribution is 0.0765. The molecule has 0 saturated carbocycles. The Balaban J connectivity index is 2.76. The molecule has 1 N–H and O–H groups in total. The molecule has 0 bridgehead atoms. The Morgan fingerprint density at radius 2 is 2.00 bits per heavy atom. The monoisotopic (exact) mass is 212 g/mol. The molecule has 1 aromatic rings. The molecule has 0 aliphatic carbocycles. The molecule has 1 aromatic carbocycles. The summed E-state index contributed by atoms with van der Waals surface area (Å²) in [5.41, 5.74) is 0.615. The summed E-state index contributed by atoms with van der Waals surface area (Å²) in [6.07, 6.45) is -0.774. The second-order valence-electron chi connectivity index (χ2n) is 3.24. The molecule has 76 valence electrons. The van der Waals surface area contributed by atoms with Crippen molar-refractivity contribution in [1.29, 1.82) is 0 Å². The van der Waals surface area contributed by atoms with Crippen molar-refractivity contribution in [2.45, 2.75) is 13.0 Å². The van der Waals surface area contributed by atoms with Crippen LogP contribution in [0.5, 0.6) is 0 Å². The Kier molecular flexibility index (Phi) is 4.11. The molecule has 0 unspecified atom stereocenters. The lowest BCUT2D eigenvalue weighted by Gasteiger charge is -2.14. The van der Waals surface area contributed by atoms with E-state index in [0.717, 1.165) is 0 Å². The van der Waals surface area contributed by atoms with Crippen molar-refractivity contribution in [2.75, 3.05) is 5.88 Å². The Morgan fingerprint density at radius 3 is 2.50 bits per heavy atom. The third-order valence-corrected chi connectivity index (χ3v) is 2.52. The van der Waals surface area contributed by atoms with Gasteiger partial charge in [-0.05, 0) is 0 Å². The lowest BCUT2D eigenvalue weighted by atomic mass is 9.95. The van der Waals surface area contributed by atoms with Gasteiger partial charge in [0.2, 0.25) is 0 Å². The molecule has 14 heavy (non-hydrogen) atoms. The van der Waals surface area contributed by atoms with E-state index in [0.29, 0.717) is 5.56 Å². The third-order valence-electron chi connectivity index (χ3n) is 2.21. The van der Waals surface area contributed by atoms with Gasteiger partial charge in [-0.25, -0.2) is 0 Å². The predicted molar refractivity (Wildman–Crippen MR) is 56.7 cm³/mol. The molecule has 0 aliphatic rings. The summed E-state index contributed by atoms with van der Waals surface area (Å²) < 4.78 is 0. The number of carbonyl (C=O) groups is 1. The van der Waals surface area contributed by atoms with E-state index in [1.165, 1.54) is 0 Å². The Bertz CT molecular complexity index is 297. The van der Waals surface area contributed by atoms with Crippen LogP contribution in [0.15, 0.2) is 30.3 Å². The first-order chi connectivity index (χ1) is 6.66. The highest BCUT2D eigenvalue weighted by Crippen LogP contribution is 2.13. The SMILES string of the molecule is C[C@H](C(=O)c1ccccc1)[C@H](O)CCl. The molecule has 1 rings (SSSR count). The van der Waals surface area contributed by atoms with Gasteiger partial charge in [0, 0.05) is 17.4 Å². The van der Waals surface area contributed by atoms with E-state index < -0.39 is 12.0 Å². The van der Waals surface area contributed by atoms with Crippen molar-refractivity contribution in [3.05, 3.63) is 35.9 Å². The van der Waals surface area contributed by atoms with E-state index >= 15 is 0 Å². The standard InChI is InChI=1S/C11H13ClO2/c1-8(10(13)7-12)11(14)9-5-3-2-4-6-9/h2-6,8,10,13H,7H2,1H3/t8-,10+/m0/s1. The highest BCUT2D eigenvalue weighted by molar-refractivity contribution is 6.18. The first-order valence-electron chi connectivity index (χ1n) is 4.50. The summed E-state index contributed by atoms with van der Waals surface area (Å²) in [6, 6.07) is 8.92. The van der Waals surface area contributed by atoms with Gasteiger partial charge >= 0.3 is 0 Å². The predicted octanol–water partition coefficient (Wildman–Crippen LogP) is 2.11. The zero-order chi connectivity index (χ0) is 10.6. The summed E-state index contributed by atoms with van der Waals surface area (Å²) >= 11 is 5.48. The fourth-order valence-electron chi connectivity index (χ4n) is 1.17. The van der Waals surface area contributed by atoms with E-state index in [1.807, 2.05) is 6.07 Å². The molecule has 0 heterocycles. The molecule has 2 nitrogen and oxygen atoms in total. The van der Waals surface area contributed by atoms with Crippen LogP contribution in [0.3, 0.4) is 0 Å². The van der Waals surface area contributed by atoms with Crippen molar-refractivity contribution < 1.29 is 9.90 Å². The number of alkyl halides is 1. The number of Topliss-reactive ketones (excluding diaryl/α,β-unsaturated/α-hetero) is 1. The molecular formula is C11H13ClO2. The minimum atomic E-state index is -0.774. The number of ketones is 1. The maximum atomic E-state index is 11.7. The van der Waals surface area contributed by atoms with Crippen molar-refractivity contribution in [2.24, 2.45) is 5.92 Å². The minimum Gasteiger partial charge on any atom is -0.391 e. The van der Waals surface area contributed by atoms with Gasteiger partial charge in [-0.2, -0.15) is 0 Å². The first-order valence-corrected chi connectivity index (χ1v) is 5.03. The first kappa shape index (κ1) is 11.2. The zero-order valence-corrected chi connectivity index (χ0v) is 8.74. The van der Waals surface area contributed by atoms with Crippen molar-refractivity contribution in [1.82, 2.24) is 0 Å². The maximum Gasteiger partial charge on any atom is 0.168 e. The number of hydrogen-bond acceptors (Lipinski definition) is 2. The Labute approximate surface area is 88.5 Å². The Hall–Kier alpha value is -0.860. The fraction of sp³-hybridized carbons (Fsp3) is 0.364. The topological polar surface area (TPSA) is 37.3 Å². The average Bonchev–Trinajstić information content (AvgIpc) is 2.27. The second kappa shape index (κ2) is 5.13. The van der Waals surface area contributed by atoms with Gasteiger partial charge in [0.05, 0.1) is 6.10 Å². The van der Waals surface area contributed by atoms with Crippen LogP contribution >= 0.6 is 11.6 Å². The van der Waals surface area contributed by atoms with Gasteiger partial charge in [-0.3, -0.25) is 4.79 Å². The quantitative estimate of drug-likeness (QED) is 0.613.